The van der Waals surface area contributed by atoms with Crippen molar-refractivity contribution in [1.29, 1.82) is 0 Å². The van der Waals surface area contributed by atoms with Gasteiger partial charge in [0.1, 0.15) is 10.6 Å². The molecular formula is C23H20ClN5O5S. The average Bonchev–Trinajstić information content (AvgIpc) is 3.31. The first kappa shape index (κ1) is 24.2. The summed E-state index contributed by atoms with van der Waals surface area (Å²) in [6.45, 7) is 2.35. The fraction of sp³-hybridized carbons (Fsp3) is 0.174. The number of carboxylic acids is 1. The molecule has 35 heavy (non-hydrogen) atoms. The van der Waals surface area contributed by atoms with Gasteiger partial charge >= 0.3 is 17.3 Å². The highest BCUT2D eigenvalue weighted by molar-refractivity contribution is 7.08. The number of hydrogen-bond donors (Lipinski definition) is 2. The van der Waals surface area contributed by atoms with Gasteiger partial charge in [-0.2, -0.15) is 4.37 Å². The van der Waals surface area contributed by atoms with Crippen LogP contribution in [0.15, 0.2) is 69.2 Å². The molecule has 0 aliphatic carbocycles. The second-order valence-corrected chi connectivity index (χ2v) is 8.68. The van der Waals surface area contributed by atoms with Crippen LogP contribution < -0.4 is 21.7 Å². The van der Waals surface area contributed by atoms with Crippen LogP contribution in [0.4, 0.5) is 5.69 Å². The molecule has 180 valence electrons. The number of aromatic amines is 1. The first-order valence-corrected chi connectivity index (χ1v) is 11.7. The Labute approximate surface area is 207 Å². The van der Waals surface area contributed by atoms with Crippen LogP contribution in [0.3, 0.4) is 0 Å². The lowest BCUT2D eigenvalue weighted by atomic mass is 10.2. The van der Waals surface area contributed by atoms with Crippen molar-refractivity contribution in [3.8, 4) is 11.6 Å². The first-order valence-electron chi connectivity index (χ1n) is 10.5. The van der Waals surface area contributed by atoms with Crippen molar-refractivity contribution >= 4 is 34.8 Å². The Hall–Kier alpha value is -3.96. The quantitative estimate of drug-likeness (QED) is 0.370. The largest absolute Gasteiger partial charge is 0.477 e. The summed E-state index contributed by atoms with van der Waals surface area (Å²) in [6, 6.07) is 14.9. The monoisotopic (exact) mass is 513 g/mol. The van der Waals surface area contributed by atoms with Crippen LogP contribution in [0, 0.1) is 0 Å². The van der Waals surface area contributed by atoms with Gasteiger partial charge in [0.25, 0.3) is 0 Å². The van der Waals surface area contributed by atoms with E-state index in [1.54, 1.807) is 48.5 Å². The zero-order valence-electron chi connectivity index (χ0n) is 18.5. The number of ether oxygens (including phenoxy) is 1. The number of rotatable bonds is 8. The average molecular weight is 514 g/mol. The van der Waals surface area contributed by atoms with E-state index in [0.717, 1.165) is 21.7 Å². The highest BCUT2D eigenvalue weighted by Gasteiger charge is 2.11. The molecule has 4 aromatic rings. The SMILES string of the molecule is CCCn1c(=O)[nH]/c(=N\c2ccc(Oc3cc(C(=O)O)sn3)cc2)n(Cc2ccc(Cl)cc2)c1=O. The highest BCUT2D eigenvalue weighted by atomic mass is 35.5. The minimum atomic E-state index is -1.08. The Bertz CT molecular complexity index is 1530. The summed E-state index contributed by atoms with van der Waals surface area (Å²) in [4.78, 5) is 43.9. The molecule has 0 aliphatic rings. The number of halogens is 1. The number of benzene rings is 2. The molecule has 0 bridgehead atoms. The lowest BCUT2D eigenvalue weighted by Crippen LogP contribution is -2.50. The maximum Gasteiger partial charge on any atom is 0.347 e. The maximum atomic E-state index is 13.1. The molecule has 0 amide bonds. The lowest BCUT2D eigenvalue weighted by Gasteiger charge is -2.11. The molecule has 0 unspecified atom stereocenters. The number of H-pyrrole nitrogens is 1. The predicted octanol–water partition coefficient (Wildman–Crippen LogP) is 3.63. The van der Waals surface area contributed by atoms with Crippen LogP contribution in [-0.4, -0.2) is 29.6 Å². The van der Waals surface area contributed by atoms with Crippen molar-refractivity contribution in [3.63, 3.8) is 0 Å². The van der Waals surface area contributed by atoms with Crippen LogP contribution in [0.5, 0.6) is 11.6 Å². The molecule has 10 nitrogen and oxygen atoms in total. The molecule has 2 aromatic carbocycles. The van der Waals surface area contributed by atoms with E-state index in [0.29, 0.717) is 22.9 Å². The molecule has 0 spiro atoms. The summed E-state index contributed by atoms with van der Waals surface area (Å²) in [5, 5.41) is 9.58. The molecule has 4 rings (SSSR count). The van der Waals surface area contributed by atoms with Crippen LogP contribution in [0.1, 0.15) is 28.6 Å². The van der Waals surface area contributed by atoms with Gasteiger partial charge in [-0.3, -0.25) is 9.55 Å². The summed E-state index contributed by atoms with van der Waals surface area (Å²) >= 11 is 6.80. The van der Waals surface area contributed by atoms with E-state index >= 15 is 0 Å². The van der Waals surface area contributed by atoms with Crippen molar-refractivity contribution in [2.24, 2.45) is 4.99 Å². The van der Waals surface area contributed by atoms with E-state index in [4.69, 9.17) is 21.4 Å². The second kappa shape index (κ2) is 10.5. The van der Waals surface area contributed by atoms with Gasteiger partial charge in [-0.05, 0) is 59.9 Å². The molecule has 2 heterocycles. The third-order valence-corrected chi connectivity index (χ3v) is 5.89. The summed E-state index contributed by atoms with van der Waals surface area (Å²) in [5.41, 5.74) is 0.370. The van der Waals surface area contributed by atoms with Gasteiger partial charge in [-0.1, -0.05) is 30.7 Å². The number of aromatic carboxylic acids is 1. The minimum absolute atomic E-state index is 0.0682. The first-order chi connectivity index (χ1) is 16.8. The number of carboxylic acid groups (broad SMARTS) is 1. The Morgan fingerprint density at radius 2 is 1.86 bits per heavy atom. The molecule has 0 atom stereocenters. The zero-order valence-corrected chi connectivity index (χ0v) is 20.0. The normalized spacial score (nSPS) is 11.5. The topological polar surface area (TPSA) is 132 Å². The van der Waals surface area contributed by atoms with Gasteiger partial charge < -0.3 is 9.84 Å². The van der Waals surface area contributed by atoms with Crippen LogP contribution in [-0.2, 0) is 13.1 Å². The Morgan fingerprint density at radius 1 is 1.14 bits per heavy atom. The standard InChI is InChI=1S/C23H20ClN5O5S/c1-2-11-28-22(32)26-21(29(23(28)33)13-14-3-5-15(24)6-4-14)25-16-7-9-17(10-8-16)34-19-12-18(20(30)31)35-27-19/h3-10,12H,2,11,13H2,1H3,(H,30,31)(H,25,26,32). The van der Waals surface area contributed by atoms with Gasteiger partial charge in [0.05, 0.1) is 12.2 Å². The summed E-state index contributed by atoms with van der Waals surface area (Å²) in [7, 11) is 0. The van der Waals surface area contributed by atoms with Gasteiger partial charge in [0, 0.05) is 17.6 Å². The van der Waals surface area contributed by atoms with E-state index < -0.39 is 17.3 Å². The lowest BCUT2D eigenvalue weighted by molar-refractivity contribution is 0.0702. The summed E-state index contributed by atoms with van der Waals surface area (Å²) < 4.78 is 12.1. The third kappa shape index (κ3) is 5.76. The van der Waals surface area contributed by atoms with Crippen molar-refractivity contribution in [1.82, 2.24) is 18.5 Å². The van der Waals surface area contributed by atoms with Crippen molar-refractivity contribution in [2.45, 2.75) is 26.4 Å². The molecule has 0 radical (unpaired) electrons. The predicted molar refractivity (Wildman–Crippen MR) is 131 cm³/mol. The van der Waals surface area contributed by atoms with Crippen LogP contribution >= 0.6 is 23.1 Å². The highest BCUT2D eigenvalue weighted by Crippen LogP contribution is 2.25. The van der Waals surface area contributed by atoms with Gasteiger partial charge in [-0.25, -0.2) is 23.9 Å². The van der Waals surface area contributed by atoms with Crippen LogP contribution in [0.25, 0.3) is 0 Å². The zero-order chi connectivity index (χ0) is 24.9. The Balaban J connectivity index is 1.69. The van der Waals surface area contributed by atoms with E-state index in [2.05, 4.69) is 14.3 Å². The smallest absolute Gasteiger partial charge is 0.347 e. The van der Waals surface area contributed by atoms with Gasteiger partial charge in [-0.15, -0.1) is 0 Å². The minimum Gasteiger partial charge on any atom is -0.477 e. The molecule has 12 heteroatoms. The molecule has 2 aromatic heterocycles. The maximum absolute atomic E-state index is 13.1. The second-order valence-electron chi connectivity index (χ2n) is 7.44. The van der Waals surface area contributed by atoms with Crippen molar-refractivity contribution < 1.29 is 14.6 Å². The Kier molecular flexibility index (Phi) is 7.28. The molecule has 0 aliphatic heterocycles. The van der Waals surface area contributed by atoms with Crippen molar-refractivity contribution in [3.05, 3.63) is 96.6 Å². The summed E-state index contributed by atoms with van der Waals surface area (Å²) in [6.07, 6.45) is 0.620. The molecular weight excluding hydrogens is 494 g/mol. The Morgan fingerprint density at radius 3 is 2.49 bits per heavy atom. The van der Waals surface area contributed by atoms with E-state index in [1.807, 2.05) is 6.92 Å². The van der Waals surface area contributed by atoms with E-state index in [-0.39, 0.29) is 29.5 Å². The van der Waals surface area contributed by atoms with Crippen LogP contribution in [0.2, 0.25) is 5.02 Å². The number of hydrogen-bond acceptors (Lipinski definition) is 7. The fourth-order valence-corrected chi connectivity index (χ4v) is 3.85. The number of nitrogens with one attached hydrogen (secondary N) is 1. The fourth-order valence-electron chi connectivity index (χ4n) is 3.22. The van der Waals surface area contributed by atoms with E-state index in [9.17, 15) is 14.4 Å². The molecule has 0 fully saturated rings. The van der Waals surface area contributed by atoms with Crippen molar-refractivity contribution in [2.75, 3.05) is 0 Å². The third-order valence-electron chi connectivity index (χ3n) is 4.88. The number of nitrogens with zero attached hydrogens (tertiary/aromatic N) is 4. The number of aromatic nitrogens is 4. The van der Waals surface area contributed by atoms with E-state index in [1.165, 1.54) is 10.6 Å². The van der Waals surface area contributed by atoms with Gasteiger partial charge in [0.2, 0.25) is 11.5 Å². The van der Waals surface area contributed by atoms with Gasteiger partial charge in [0.15, 0.2) is 0 Å². The molecule has 0 saturated heterocycles. The summed E-state index contributed by atoms with van der Waals surface area (Å²) in [5.74, 6) is -0.484. The number of carbonyl (C=O) groups is 1. The molecule has 0 saturated carbocycles. The molecule has 2 N–H and O–H groups in total.